The Bertz CT molecular complexity index is 852. The predicted molar refractivity (Wildman–Crippen MR) is 114 cm³/mol. The largest absolute Gasteiger partial charge is 0.507 e. The highest BCUT2D eigenvalue weighted by Crippen LogP contribution is 2.25. The Morgan fingerprint density at radius 1 is 1.10 bits per heavy atom. The quantitative estimate of drug-likeness (QED) is 0.602. The van der Waals surface area contributed by atoms with Crippen molar-refractivity contribution in [1.29, 1.82) is 0 Å². The van der Waals surface area contributed by atoms with Crippen LogP contribution in [0.1, 0.15) is 35.6 Å². The van der Waals surface area contributed by atoms with Crippen LogP contribution in [0.25, 0.3) is 0 Å². The van der Waals surface area contributed by atoms with Crippen molar-refractivity contribution in [2.24, 2.45) is 11.5 Å². The summed E-state index contributed by atoms with van der Waals surface area (Å²) in [6.07, 6.45) is 1.76. The molecular weight excluding hydrogens is 366 g/mol. The summed E-state index contributed by atoms with van der Waals surface area (Å²) < 4.78 is 0. The van der Waals surface area contributed by atoms with Crippen LogP contribution in [0, 0.1) is 13.8 Å². The number of carbonyl (C=O) groups is 2. The number of nitrogens with zero attached hydrogens (tertiary/aromatic N) is 1. The summed E-state index contributed by atoms with van der Waals surface area (Å²) in [6, 6.07) is 12.1. The van der Waals surface area contributed by atoms with Gasteiger partial charge in [0.05, 0.1) is 6.04 Å². The number of phenols is 1. The third-order valence-electron chi connectivity index (χ3n) is 5.37. The average Bonchev–Trinajstić information content (AvgIpc) is 2.71. The average molecular weight is 398 g/mol. The Kier molecular flexibility index (Phi) is 7.79. The minimum absolute atomic E-state index is 0.215. The fourth-order valence-corrected chi connectivity index (χ4v) is 3.38. The molecule has 0 heterocycles. The monoisotopic (exact) mass is 397 g/mol. The van der Waals surface area contributed by atoms with E-state index in [2.05, 4.69) is 0 Å². The molecule has 0 fully saturated rings. The second-order valence-electron chi connectivity index (χ2n) is 7.52. The molecule has 2 aromatic rings. The van der Waals surface area contributed by atoms with Crippen LogP contribution in [0.2, 0.25) is 0 Å². The number of aromatic hydroxyl groups is 1. The van der Waals surface area contributed by atoms with Gasteiger partial charge >= 0.3 is 0 Å². The number of hydrogen-bond acceptors (Lipinski definition) is 4. The van der Waals surface area contributed by atoms with Gasteiger partial charge < -0.3 is 21.5 Å². The molecule has 0 saturated heterocycles. The third kappa shape index (κ3) is 5.81. The number of aryl methyl sites for hydroxylation is 2. The van der Waals surface area contributed by atoms with Crippen molar-refractivity contribution in [3.05, 3.63) is 64.7 Å². The number of hydrogen-bond donors (Lipinski definition) is 3. The number of nitrogens with two attached hydrogens (primary N) is 2. The Balaban J connectivity index is 2.09. The molecular formula is C23H31N3O3. The van der Waals surface area contributed by atoms with Gasteiger partial charge in [-0.25, -0.2) is 0 Å². The molecule has 0 aliphatic heterocycles. The standard InChI is InChI=1S/C23H31N3O3/c1-15-11-12-19(16(2)21(15)27)14-20(24)23(29)26(17(3)22(25)28)13-7-10-18-8-5-4-6-9-18/h4-6,8-9,11-12,17,20,27H,7,10,13-14,24H2,1-3H3,(H2,25,28)/t17-,20?/m1/s1. The van der Waals surface area contributed by atoms with Gasteiger partial charge in [-0.3, -0.25) is 9.59 Å². The van der Waals surface area contributed by atoms with E-state index in [-0.39, 0.29) is 18.1 Å². The van der Waals surface area contributed by atoms with Gasteiger partial charge in [-0.2, -0.15) is 0 Å². The van der Waals surface area contributed by atoms with Gasteiger partial charge in [-0.05, 0) is 62.3 Å². The van der Waals surface area contributed by atoms with E-state index in [0.29, 0.717) is 18.5 Å². The number of carbonyl (C=O) groups excluding carboxylic acids is 2. The molecule has 0 aliphatic carbocycles. The fraction of sp³-hybridized carbons (Fsp3) is 0.391. The van der Waals surface area contributed by atoms with Crippen molar-refractivity contribution in [3.63, 3.8) is 0 Å². The van der Waals surface area contributed by atoms with Gasteiger partial charge in [0, 0.05) is 6.54 Å². The summed E-state index contributed by atoms with van der Waals surface area (Å²) in [7, 11) is 0. The van der Waals surface area contributed by atoms with Crippen LogP contribution in [0.5, 0.6) is 5.75 Å². The lowest BCUT2D eigenvalue weighted by molar-refractivity contribution is -0.139. The van der Waals surface area contributed by atoms with Gasteiger partial charge in [-0.15, -0.1) is 0 Å². The van der Waals surface area contributed by atoms with E-state index >= 15 is 0 Å². The van der Waals surface area contributed by atoms with Crippen molar-refractivity contribution >= 4 is 11.8 Å². The Morgan fingerprint density at radius 3 is 2.38 bits per heavy atom. The highest BCUT2D eigenvalue weighted by molar-refractivity contribution is 5.89. The smallest absolute Gasteiger partial charge is 0.240 e. The Morgan fingerprint density at radius 2 is 1.76 bits per heavy atom. The SMILES string of the molecule is Cc1ccc(CC(N)C(=O)N(CCCc2ccccc2)[C@H](C)C(N)=O)c(C)c1O. The number of primary amides is 1. The molecule has 6 nitrogen and oxygen atoms in total. The zero-order valence-electron chi connectivity index (χ0n) is 17.4. The lowest BCUT2D eigenvalue weighted by Crippen LogP contribution is -2.53. The minimum atomic E-state index is -0.825. The van der Waals surface area contributed by atoms with Crippen LogP contribution in [0.15, 0.2) is 42.5 Å². The highest BCUT2D eigenvalue weighted by atomic mass is 16.3. The maximum atomic E-state index is 13.0. The maximum Gasteiger partial charge on any atom is 0.240 e. The fourth-order valence-electron chi connectivity index (χ4n) is 3.38. The van der Waals surface area contributed by atoms with Crippen molar-refractivity contribution in [2.75, 3.05) is 6.54 Å². The molecule has 0 radical (unpaired) electrons. The summed E-state index contributed by atoms with van der Waals surface area (Å²) in [5.41, 5.74) is 15.1. The van der Waals surface area contributed by atoms with E-state index in [0.717, 1.165) is 17.5 Å². The van der Waals surface area contributed by atoms with Crippen LogP contribution in [0.3, 0.4) is 0 Å². The lowest BCUT2D eigenvalue weighted by atomic mass is 9.97. The summed E-state index contributed by atoms with van der Waals surface area (Å²) in [5.74, 6) is -0.661. The van der Waals surface area contributed by atoms with E-state index < -0.39 is 18.0 Å². The van der Waals surface area contributed by atoms with Crippen LogP contribution in [-0.4, -0.2) is 40.4 Å². The molecule has 5 N–H and O–H groups in total. The molecule has 29 heavy (non-hydrogen) atoms. The molecule has 0 saturated carbocycles. The van der Waals surface area contributed by atoms with Gasteiger partial charge in [0.2, 0.25) is 11.8 Å². The predicted octanol–water partition coefficient (Wildman–Crippen LogP) is 2.21. The molecule has 2 rings (SSSR count). The van der Waals surface area contributed by atoms with Crippen molar-refractivity contribution in [1.82, 2.24) is 4.90 Å². The van der Waals surface area contributed by atoms with E-state index in [9.17, 15) is 14.7 Å². The molecule has 2 atom stereocenters. The minimum Gasteiger partial charge on any atom is -0.507 e. The van der Waals surface area contributed by atoms with Crippen LogP contribution < -0.4 is 11.5 Å². The molecule has 156 valence electrons. The van der Waals surface area contributed by atoms with Gasteiger partial charge in [0.15, 0.2) is 0 Å². The second kappa shape index (κ2) is 10.1. The summed E-state index contributed by atoms with van der Waals surface area (Å²) in [4.78, 5) is 26.3. The lowest BCUT2D eigenvalue weighted by Gasteiger charge is -2.30. The molecule has 2 amide bonds. The first-order chi connectivity index (χ1) is 13.7. The van der Waals surface area contributed by atoms with E-state index in [4.69, 9.17) is 11.5 Å². The van der Waals surface area contributed by atoms with Gasteiger partial charge in [0.1, 0.15) is 11.8 Å². The third-order valence-corrected chi connectivity index (χ3v) is 5.37. The van der Waals surface area contributed by atoms with Gasteiger partial charge in [-0.1, -0.05) is 42.5 Å². The molecule has 0 aliphatic rings. The second-order valence-corrected chi connectivity index (χ2v) is 7.52. The van der Waals surface area contributed by atoms with Gasteiger partial charge in [0.25, 0.3) is 0 Å². The Labute approximate surface area is 172 Å². The number of phenolic OH excluding ortho intramolecular Hbond substituents is 1. The molecule has 0 bridgehead atoms. The molecule has 1 unspecified atom stereocenters. The first-order valence-corrected chi connectivity index (χ1v) is 9.89. The first kappa shape index (κ1) is 22.4. The number of rotatable bonds is 9. The first-order valence-electron chi connectivity index (χ1n) is 9.89. The summed E-state index contributed by atoms with van der Waals surface area (Å²) >= 11 is 0. The van der Waals surface area contributed by atoms with E-state index in [1.807, 2.05) is 43.3 Å². The molecule has 6 heteroatoms. The summed E-state index contributed by atoms with van der Waals surface area (Å²) in [5, 5.41) is 10.1. The molecule has 0 aromatic heterocycles. The maximum absolute atomic E-state index is 13.0. The normalized spacial score (nSPS) is 13.0. The number of benzene rings is 2. The zero-order chi connectivity index (χ0) is 21.6. The van der Waals surface area contributed by atoms with Crippen molar-refractivity contribution in [3.8, 4) is 5.75 Å². The Hall–Kier alpha value is -2.86. The van der Waals surface area contributed by atoms with Crippen LogP contribution in [0.4, 0.5) is 0 Å². The van der Waals surface area contributed by atoms with Crippen LogP contribution >= 0.6 is 0 Å². The van der Waals surface area contributed by atoms with E-state index in [1.165, 1.54) is 10.5 Å². The highest BCUT2D eigenvalue weighted by Gasteiger charge is 2.28. The van der Waals surface area contributed by atoms with Crippen LogP contribution in [-0.2, 0) is 22.4 Å². The zero-order valence-corrected chi connectivity index (χ0v) is 17.4. The van der Waals surface area contributed by atoms with Crippen molar-refractivity contribution in [2.45, 2.75) is 52.1 Å². The number of amides is 2. The molecule has 0 spiro atoms. The van der Waals surface area contributed by atoms with E-state index in [1.54, 1.807) is 19.9 Å². The molecule has 2 aromatic carbocycles. The topological polar surface area (TPSA) is 110 Å². The summed E-state index contributed by atoms with van der Waals surface area (Å²) in [6.45, 7) is 5.64. The van der Waals surface area contributed by atoms with Crippen molar-refractivity contribution < 1.29 is 14.7 Å².